The summed E-state index contributed by atoms with van der Waals surface area (Å²) in [6, 6.07) is 10.4. The standard InChI is InChI=1S/C16H18N4S/c21-16-18-12-15(14-6-2-1-3-7-14)20(16)10-5-4-9-19-11-8-17-13-19/h1-3,6-8,11-13H,4-5,9-10H2,(H,18,21). The van der Waals surface area contributed by atoms with E-state index in [1.54, 1.807) is 0 Å². The van der Waals surface area contributed by atoms with Crippen molar-refractivity contribution in [2.75, 3.05) is 0 Å². The van der Waals surface area contributed by atoms with Gasteiger partial charge in [-0.15, -0.1) is 0 Å². The van der Waals surface area contributed by atoms with Gasteiger partial charge in [0.2, 0.25) is 0 Å². The van der Waals surface area contributed by atoms with E-state index in [0.29, 0.717) is 0 Å². The quantitative estimate of drug-likeness (QED) is 0.554. The average molecular weight is 298 g/mol. The smallest absolute Gasteiger partial charge is 0.177 e. The van der Waals surface area contributed by atoms with Gasteiger partial charge in [0.15, 0.2) is 4.77 Å². The van der Waals surface area contributed by atoms with E-state index in [1.807, 2.05) is 31.0 Å². The molecule has 2 aromatic heterocycles. The van der Waals surface area contributed by atoms with Crippen LogP contribution in [0.4, 0.5) is 0 Å². The minimum Gasteiger partial charge on any atom is -0.337 e. The number of rotatable bonds is 6. The largest absolute Gasteiger partial charge is 0.337 e. The maximum absolute atomic E-state index is 5.39. The van der Waals surface area contributed by atoms with Gasteiger partial charge in [-0.25, -0.2) is 4.98 Å². The van der Waals surface area contributed by atoms with Crippen LogP contribution in [-0.4, -0.2) is 19.1 Å². The summed E-state index contributed by atoms with van der Waals surface area (Å²) in [5.41, 5.74) is 2.35. The number of benzene rings is 1. The van der Waals surface area contributed by atoms with Crippen LogP contribution in [-0.2, 0) is 13.1 Å². The highest BCUT2D eigenvalue weighted by Gasteiger charge is 2.05. The lowest BCUT2D eigenvalue weighted by molar-refractivity contribution is 0.552. The number of nitrogens with one attached hydrogen (secondary N) is 1. The zero-order valence-corrected chi connectivity index (χ0v) is 12.6. The first-order valence-corrected chi connectivity index (χ1v) is 7.55. The lowest BCUT2D eigenvalue weighted by Crippen LogP contribution is -2.02. The van der Waals surface area contributed by atoms with Crippen molar-refractivity contribution < 1.29 is 0 Å². The van der Waals surface area contributed by atoms with E-state index < -0.39 is 0 Å². The third-order valence-corrected chi connectivity index (χ3v) is 3.88. The molecule has 0 saturated heterocycles. The minimum absolute atomic E-state index is 0.788. The van der Waals surface area contributed by atoms with Crippen molar-refractivity contribution in [2.45, 2.75) is 25.9 Å². The third-order valence-electron chi connectivity index (χ3n) is 3.55. The Morgan fingerprint density at radius 2 is 1.90 bits per heavy atom. The van der Waals surface area contributed by atoms with Crippen LogP contribution in [0.3, 0.4) is 0 Å². The molecular weight excluding hydrogens is 280 g/mol. The fraction of sp³-hybridized carbons (Fsp3) is 0.250. The Balaban J connectivity index is 1.65. The van der Waals surface area contributed by atoms with E-state index in [0.717, 1.165) is 36.4 Å². The molecule has 1 N–H and O–H groups in total. The Hall–Kier alpha value is -2.14. The number of imidazole rings is 2. The molecule has 0 aliphatic heterocycles. The average Bonchev–Trinajstić information content (AvgIpc) is 3.15. The summed E-state index contributed by atoms with van der Waals surface area (Å²) < 4.78 is 5.07. The molecule has 5 heteroatoms. The minimum atomic E-state index is 0.788. The predicted molar refractivity (Wildman–Crippen MR) is 86.5 cm³/mol. The molecule has 0 unspecified atom stereocenters. The maximum atomic E-state index is 5.39. The van der Waals surface area contributed by atoms with E-state index in [4.69, 9.17) is 12.2 Å². The molecule has 1 aromatic carbocycles. The molecule has 3 aromatic rings. The van der Waals surface area contributed by atoms with Crippen LogP contribution in [0.1, 0.15) is 12.8 Å². The zero-order chi connectivity index (χ0) is 14.5. The van der Waals surface area contributed by atoms with Crippen LogP contribution in [0.15, 0.2) is 55.2 Å². The molecule has 3 rings (SSSR count). The third kappa shape index (κ3) is 3.31. The molecular formula is C16H18N4S. The second-order valence-corrected chi connectivity index (χ2v) is 5.39. The number of aryl methyl sites for hydroxylation is 1. The van der Waals surface area contributed by atoms with Crippen molar-refractivity contribution in [1.29, 1.82) is 0 Å². The number of aromatic amines is 1. The number of unbranched alkanes of at least 4 members (excludes halogenated alkanes) is 1. The van der Waals surface area contributed by atoms with Crippen LogP contribution < -0.4 is 0 Å². The second kappa shape index (κ2) is 6.54. The SMILES string of the molecule is S=c1[nH]cc(-c2ccccc2)n1CCCCn1ccnc1. The fourth-order valence-electron chi connectivity index (χ4n) is 2.45. The van der Waals surface area contributed by atoms with Crippen LogP contribution in [0, 0.1) is 4.77 Å². The van der Waals surface area contributed by atoms with Crippen LogP contribution in [0.5, 0.6) is 0 Å². The number of nitrogens with zero attached hydrogens (tertiary/aromatic N) is 3. The molecule has 0 aliphatic carbocycles. The molecule has 0 atom stereocenters. The molecule has 0 aliphatic rings. The summed E-state index contributed by atoms with van der Waals surface area (Å²) in [6.45, 7) is 1.93. The van der Waals surface area contributed by atoms with E-state index in [9.17, 15) is 0 Å². The first-order chi connectivity index (χ1) is 10.3. The van der Waals surface area contributed by atoms with Crippen molar-refractivity contribution in [3.8, 4) is 11.3 Å². The highest BCUT2D eigenvalue weighted by molar-refractivity contribution is 7.71. The van der Waals surface area contributed by atoms with Gasteiger partial charge in [0, 0.05) is 31.7 Å². The first kappa shape index (κ1) is 13.8. The highest BCUT2D eigenvalue weighted by atomic mass is 32.1. The van der Waals surface area contributed by atoms with Gasteiger partial charge < -0.3 is 14.1 Å². The molecule has 4 nitrogen and oxygen atoms in total. The monoisotopic (exact) mass is 298 g/mol. The molecule has 108 valence electrons. The first-order valence-electron chi connectivity index (χ1n) is 7.14. The fourth-order valence-corrected chi connectivity index (χ4v) is 2.70. The van der Waals surface area contributed by atoms with Gasteiger partial charge in [-0.05, 0) is 30.6 Å². The number of H-pyrrole nitrogens is 1. The number of hydrogen-bond donors (Lipinski definition) is 1. The normalized spacial score (nSPS) is 10.9. The van der Waals surface area contributed by atoms with E-state index in [-0.39, 0.29) is 0 Å². The van der Waals surface area contributed by atoms with Gasteiger partial charge in [0.1, 0.15) is 0 Å². The molecule has 21 heavy (non-hydrogen) atoms. The van der Waals surface area contributed by atoms with Gasteiger partial charge in [0.25, 0.3) is 0 Å². The molecule has 0 amide bonds. The van der Waals surface area contributed by atoms with Crippen molar-refractivity contribution in [3.05, 3.63) is 60.0 Å². The topological polar surface area (TPSA) is 38.5 Å². The summed E-state index contributed by atoms with van der Waals surface area (Å²) in [7, 11) is 0. The summed E-state index contributed by atoms with van der Waals surface area (Å²) in [4.78, 5) is 7.21. The Morgan fingerprint density at radius 1 is 1.10 bits per heavy atom. The molecule has 0 radical (unpaired) electrons. The zero-order valence-electron chi connectivity index (χ0n) is 11.8. The van der Waals surface area contributed by atoms with Crippen molar-refractivity contribution in [3.63, 3.8) is 0 Å². The molecule has 0 fully saturated rings. The van der Waals surface area contributed by atoms with Crippen molar-refractivity contribution in [1.82, 2.24) is 19.1 Å². The lowest BCUT2D eigenvalue weighted by Gasteiger charge is -2.08. The summed E-state index contributed by atoms with van der Waals surface area (Å²) in [5, 5.41) is 0. The lowest BCUT2D eigenvalue weighted by atomic mass is 10.1. The summed E-state index contributed by atoms with van der Waals surface area (Å²) >= 11 is 5.39. The number of aromatic nitrogens is 4. The predicted octanol–water partition coefficient (Wildman–Crippen LogP) is 3.89. The van der Waals surface area contributed by atoms with Gasteiger partial charge in [-0.2, -0.15) is 0 Å². The Morgan fingerprint density at radius 3 is 2.67 bits per heavy atom. The van der Waals surface area contributed by atoms with E-state index in [1.165, 1.54) is 5.56 Å². The van der Waals surface area contributed by atoms with E-state index in [2.05, 4.69) is 43.4 Å². The summed E-state index contributed by atoms with van der Waals surface area (Å²) in [5.74, 6) is 0. The molecule has 0 bridgehead atoms. The van der Waals surface area contributed by atoms with Crippen LogP contribution in [0.2, 0.25) is 0 Å². The maximum Gasteiger partial charge on any atom is 0.177 e. The van der Waals surface area contributed by atoms with Gasteiger partial charge >= 0.3 is 0 Å². The molecule has 0 spiro atoms. The molecule has 0 saturated carbocycles. The highest BCUT2D eigenvalue weighted by Crippen LogP contribution is 2.19. The van der Waals surface area contributed by atoms with Crippen LogP contribution in [0.25, 0.3) is 11.3 Å². The van der Waals surface area contributed by atoms with Gasteiger partial charge in [-0.1, -0.05) is 30.3 Å². The van der Waals surface area contributed by atoms with Crippen molar-refractivity contribution >= 4 is 12.2 Å². The van der Waals surface area contributed by atoms with Gasteiger partial charge in [-0.3, -0.25) is 0 Å². The van der Waals surface area contributed by atoms with Crippen LogP contribution >= 0.6 is 12.2 Å². The van der Waals surface area contributed by atoms with Crippen molar-refractivity contribution in [2.24, 2.45) is 0 Å². The second-order valence-electron chi connectivity index (χ2n) is 5.00. The Kier molecular flexibility index (Phi) is 4.31. The summed E-state index contributed by atoms with van der Waals surface area (Å²) in [6.07, 6.45) is 9.86. The Labute approximate surface area is 129 Å². The van der Waals surface area contributed by atoms with Gasteiger partial charge in [0.05, 0.1) is 12.0 Å². The molecule has 2 heterocycles. The Bertz CT molecular complexity index is 725. The van der Waals surface area contributed by atoms with E-state index >= 15 is 0 Å². The number of hydrogen-bond acceptors (Lipinski definition) is 2.